The van der Waals surface area contributed by atoms with E-state index in [-0.39, 0.29) is 23.6 Å². The number of nitrogens with zero attached hydrogens (tertiary/aromatic N) is 2. The molecule has 2 rings (SSSR count). The number of methoxy groups -OCH3 is 1. The van der Waals surface area contributed by atoms with E-state index in [0.717, 1.165) is 31.2 Å². The van der Waals surface area contributed by atoms with Crippen LogP contribution in [-0.4, -0.2) is 41.2 Å². The summed E-state index contributed by atoms with van der Waals surface area (Å²) in [5, 5.41) is 21.1. The van der Waals surface area contributed by atoms with Crippen LogP contribution in [0.25, 0.3) is 0 Å². The lowest BCUT2D eigenvalue weighted by Gasteiger charge is -2.35. The summed E-state index contributed by atoms with van der Waals surface area (Å²) in [6.07, 6.45) is 3.68. The third kappa shape index (κ3) is 3.71. The monoisotopic (exact) mass is 294 g/mol. The number of hydrogen-bond acceptors (Lipinski definition) is 5. The first kappa shape index (κ1) is 15.7. The summed E-state index contributed by atoms with van der Waals surface area (Å²) in [5.74, 6) is 0.268. The van der Waals surface area contributed by atoms with E-state index in [1.165, 1.54) is 7.11 Å². The zero-order valence-corrected chi connectivity index (χ0v) is 12.5. The first-order chi connectivity index (χ1) is 10.0. The second-order valence-corrected chi connectivity index (χ2v) is 5.60. The Morgan fingerprint density at radius 2 is 2.14 bits per heavy atom. The van der Waals surface area contributed by atoms with Crippen molar-refractivity contribution in [2.75, 3.05) is 14.2 Å². The average Bonchev–Trinajstić information content (AvgIpc) is 2.47. The number of aliphatic hydroxyl groups excluding tert-OH is 1. The highest BCUT2D eigenvalue weighted by atomic mass is 16.6. The molecular weight excluding hydrogens is 272 g/mol. The molecule has 2 atom stereocenters. The van der Waals surface area contributed by atoms with Crippen LogP contribution in [0.15, 0.2) is 18.2 Å². The van der Waals surface area contributed by atoms with E-state index < -0.39 is 4.92 Å². The summed E-state index contributed by atoms with van der Waals surface area (Å²) in [5.41, 5.74) is 0.829. The highest BCUT2D eigenvalue weighted by molar-refractivity contribution is 5.48. The van der Waals surface area contributed by atoms with Crippen LogP contribution in [0.1, 0.15) is 31.2 Å². The lowest BCUT2D eigenvalue weighted by molar-refractivity contribution is -0.385. The van der Waals surface area contributed by atoms with Crippen LogP contribution >= 0.6 is 0 Å². The molecule has 0 amide bonds. The van der Waals surface area contributed by atoms with Crippen LogP contribution in [0.2, 0.25) is 0 Å². The summed E-state index contributed by atoms with van der Waals surface area (Å²) in [7, 11) is 3.38. The van der Waals surface area contributed by atoms with Crippen molar-refractivity contribution in [2.45, 2.75) is 44.4 Å². The highest BCUT2D eigenvalue weighted by Crippen LogP contribution is 2.29. The number of nitro benzene ring substituents is 1. The van der Waals surface area contributed by atoms with Crippen LogP contribution in [0.4, 0.5) is 5.69 Å². The van der Waals surface area contributed by atoms with Gasteiger partial charge in [-0.1, -0.05) is 18.9 Å². The molecule has 0 spiro atoms. The molecule has 0 aromatic heterocycles. The fraction of sp³-hybridized carbons (Fsp3) is 0.600. The van der Waals surface area contributed by atoms with Gasteiger partial charge in [0.1, 0.15) is 0 Å². The molecule has 6 heteroatoms. The fourth-order valence-electron chi connectivity index (χ4n) is 2.99. The first-order valence-electron chi connectivity index (χ1n) is 7.22. The molecule has 0 radical (unpaired) electrons. The van der Waals surface area contributed by atoms with Gasteiger partial charge in [-0.15, -0.1) is 0 Å². The van der Waals surface area contributed by atoms with Gasteiger partial charge < -0.3 is 9.84 Å². The molecule has 0 unspecified atom stereocenters. The predicted octanol–water partition coefficient (Wildman–Crippen LogP) is 2.34. The maximum Gasteiger partial charge on any atom is 0.311 e. The van der Waals surface area contributed by atoms with Gasteiger partial charge in [0, 0.05) is 18.7 Å². The number of aliphatic hydroxyl groups is 1. The van der Waals surface area contributed by atoms with Crippen LogP contribution < -0.4 is 4.74 Å². The number of rotatable bonds is 5. The Labute approximate surface area is 124 Å². The number of benzene rings is 1. The number of ether oxygens (including phenoxy) is 1. The fourth-order valence-corrected chi connectivity index (χ4v) is 2.99. The van der Waals surface area contributed by atoms with Gasteiger partial charge in [0.05, 0.1) is 18.1 Å². The van der Waals surface area contributed by atoms with Crippen molar-refractivity contribution in [2.24, 2.45) is 0 Å². The molecule has 0 saturated heterocycles. The molecule has 1 aromatic rings. The number of nitro groups is 1. The van der Waals surface area contributed by atoms with Gasteiger partial charge in [-0.3, -0.25) is 15.0 Å². The van der Waals surface area contributed by atoms with E-state index in [4.69, 9.17) is 4.74 Å². The van der Waals surface area contributed by atoms with Crippen molar-refractivity contribution in [3.8, 4) is 5.75 Å². The van der Waals surface area contributed by atoms with E-state index >= 15 is 0 Å². The Bertz CT molecular complexity index is 506. The summed E-state index contributed by atoms with van der Waals surface area (Å²) < 4.78 is 5.00. The topological polar surface area (TPSA) is 75.8 Å². The zero-order valence-electron chi connectivity index (χ0n) is 12.5. The Morgan fingerprint density at radius 1 is 1.43 bits per heavy atom. The van der Waals surface area contributed by atoms with Gasteiger partial charge in [-0.05, 0) is 31.5 Å². The molecule has 1 saturated carbocycles. The van der Waals surface area contributed by atoms with Gasteiger partial charge >= 0.3 is 5.69 Å². The van der Waals surface area contributed by atoms with Crippen molar-refractivity contribution in [3.05, 3.63) is 33.9 Å². The molecular formula is C15H22N2O4. The molecule has 0 heterocycles. The van der Waals surface area contributed by atoms with E-state index in [1.54, 1.807) is 12.1 Å². The molecule has 0 bridgehead atoms. The maximum absolute atomic E-state index is 11.0. The van der Waals surface area contributed by atoms with E-state index in [9.17, 15) is 15.2 Å². The Balaban J connectivity index is 2.11. The molecule has 1 aliphatic rings. The minimum absolute atomic E-state index is 0.0207. The molecule has 1 N–H and O–H groups in total. The largest absolute Gasteiger partial charge is 0.490 e. The Hall–Kier alpha value is -1.66. The van der Waals surface area contributed by atoms with Gasteiger partial charge in [0.15, 0.2) is 5.75 Å². The third-order valence-corrected chi connectivity index (χ3v) is 4.13. The van der Waals surface area contributed by atoms with Crippen molar-refractivity contribution in [1.82, 2.24) is 4.90 Å². The molecule has 6 nitrogen and oxygen atoms in total. The molecule has 1 aliphatic carbocycles. The van der Waals surface area contributed by atoms with Crippen LogP contribution in [0.5, 0.6) is 5.75 Å². The van der Waals surface area contributed by atoms with Crippen LogP contribution in [0.3, 0.4) is 0 Å². The molecule has 1 fully saturated rings. The smallest absolute Gasteiger partial charge is 0.311 e. The van der Waals surface area contributed by atoms with Crippen molar-refractivity contribution < 1.29 is 14.8 Å². The third-order valence-electron chi connectivity index (χ3n) is 4.13. The quantitative estimate of drug-likeness (QED) is 0.666. The zero-order chi connectivity index (χ0) is 15.4. The van der Waals surface area contributed by atoms with Gasteiger partial charge in [0.25, 0.3) is 0 Å². The van der Waals surface area contributed by atoms with Gasteiger partial charge in [0.2, 0.25) is 0 Å². The second-order valence-electron chi connectivity index (χ2n) is 5.60. The van der Waals surface area contributed by atoms with Crippen LogP contribution in [-0.2, 0) is 6.54 Å². The van der Waals surface area contributed by atoms with E-state index in [2.05, 4.69) is 4.90 Å². The molecule has 21 heavy (non-hydrogen) atoms. The Kier molecular flexibility index (Phi) is 5.14. The van der Waals surface area contributed by atoms with Crippen molar-refractivity contribution in [1.29, 1.82) is 0 Å². The molecule has 1 aromatic carbocycles. The highest BCUT2D eigenvalue weighted by Gasteiger charge is 2.27. The lowest BCUT2D eigenvalue weighted by atomic mass is 9.91. The van der Waals surface area contributed by atoms with Crippen molar-refractivity contribution in [3.63, 3.8) is 0 Å². The summed E-state index contributed by atoms with van der Waals surface area (Å²) >= 11 is 0. The Morgan fingerprint density at radius 3 is 2.76 bits per heavy atom. The summed E-state index contributed by atoms with van der Waals surface area (Å²) in [6, 6.07) is 5.13. The predicted molar refractivity (Wildman–Crippen MR) is 79.4 cm³/mol. The number of hydrogen-bond donors (Lipinski definition) is 1. The standard InChI is InChI=1S/C15H22N2O4/c1-16(12-5-3-4-6-14(12)18)10-11-7-8-15(21-2)13(9-11)17(19)20/h7-9,12,14,18H,3-6,10H2,1-2H3/t12-,14-/m0/s1. The number of likely N-dealkylation sites (N-methyl/N-ethyl adjacent to an activating group) is 1. The summed E-state index contributed by atoms with van der Waals surface area (Å²) in [4.78, 5) is 12.7. The second kappa shape index (κ2) is 6.87. The SMILES string of the molecule is COc1ccc(CN(C)[C@H]2CCCC[C@@H]2O)cc1[N+](=O)[O-]. The minimum Gasteiger partial charge on any atom is -0.490 e. The van der Waals surface area contributed by atoms with E-state index in [0.29, 0.717) is 6.54 Å². The summed E-state index contributed by atoms with van der Waals surface area (Å²) in [6.45, 7) is 0.576. The van der Waals surface area contributed by atoms with Crippen molar-refractivity contribution >= 4 is 5.69 Å². The van der Waals surface area contributed by atoms with Gasteiger partial charge in [-0.25, -0.2) is 0 Å². The average molecular weight is 294 g/mol. The first-order valence-corrected chi connectivity index (χ1v) is 7.22. The van der Waals surface area contributed by atoms with Gasteiger partial charge in [-0.2, -0.15) is 0 Å². The minimum atomic E-state index is -0.433. The molecule has 116 valence electrons. The maximum atomic E-state index is 11.0. The van der Waals surface area contributed by atoms with Crippen LogP contribution in [0, 0.1) is 10.1 Å². The van der Waals surface area contributed by atoms with E-state index in [1.807, 2.05) is 13.1 Å². The normalized spacial score (nSPS) is 22.3. The lowest BCUT2D eigenvalue weighted by Crippen LogP contribution is -2.42. The molecule has 0 aliphatic heterocycles.